The predicted octanol–water partition coefficient (Wildman–Crippen LogP) is 3.21. The van der Waals surface area contributed by atoms with Gasteiger partial charge in [0.05, 0.1) is 17.3 Å². The third kappa shape index (κ3) is 2.47. The molecule has 0 aromatic carbocycles. The smallest absolute Gasteiger partial charge is 0.206 e. The predicted molar refractivity (Wildman–Crippen MR) is 71.0 cm³/mol. The highest BCUT2D eigenvalue weighted by atomic mass is 32.1. The van der Waals surface area contributed by atoms with Gasteiger partial charge in [0, 0.05) is 10.8 Å². The zero-order valence-corrected chi connectivity index (χ0v) is 11.6. The summed E-state index contributed by atoms with van der Waals surface area (Å²) in [6.07, 6.45) is 0. The van der Waals surface area contributed by atoms with Gasteiger partial charge in [0.2, 0.25) is 5.78 Å². The molecule has 0 amide bonds. The van der Waals surface area contributed by atoms with Crippen molar-refractivity contribution in [2.24, 2.45) is 0 Å². The molecule has 2 aromatic heterocycles. The average Bonchev–Trinajstić information content (AvgIpc) is 3.01. The molecular formula is C12H11N3OS2. The molecule has 0 aliphatic heterocycles. The van der Waals surface area contributed by atoms with E-state index in [9.17, 15) is 4.79 Å². The number of nitrogens with zero attached hydrogens (tertiary/aromatic N) is 3. The van der Waals surface area contributed by atoms with E-state index in [4.69, 9.17) is 5.26 Å². The molecule has 0 spiro atoms. The van der Waals surface area contributed by atoms with Crippen LogP contribution in [-0.4, -0.2) is 15.8 Å². The highest BCUT2D eigenvalue weighted by Gasteiger charge is 2.26. The summed E-state index contributed by atoms with van der Waals surface area (Å²) in [4.78, 5) is 20.4. The highest BCUT2D eigenvalue weighted by Crippen LogP contribution is 2.26. The van der Waals surface area contributed by atoms with E-state index in [1.54, 1.807) is 10.9 Å². The minimum atomic E-state index is -0.843. The minimum Gasteiger partial charge on any atom is -0.290 e. The first-order chi connectivity index (χ1) is 8.63. The molecule has 92 valence electrons. The van der Waals surface area contributed by atoms with Crippen molar-refractivity contribution in [3.63, 3.8) is 0 Å². The van der Waals surface area contributed by atoms with Crippen molar-refractivity contribution in [2.75, 3.05) is 0 Å². The van der Waals surface area contributed by atoms with Gasteiger partial charge < -0.3 is 0 Å². The van der Waals surface area contributed by atoms with Gasteiger partial charge in [-0.3, -0.25) is 4.79 Å². The molecule has 0 bridgehead atoms. The molecule has 2 heterocycles. The summed E-state index contributed by atoms with van der Waals surface area (Å²) in [7, 11) is 0. The molecule has 0 aliphatic rings. The van der Waals surface area contributed by atoms with Gasteiger partial charge in [0.15, 0.2) is 5.92 Å². The van der Waals surface area contributed by atoms with Crippen LogP contribution in [0.15, 0.2) is 16.3 Å². The molecule has 0 saturated carbocycles. The molecule has 0 radical (unpaired) electrons. The fourth-order valence-corrected chi connectivity index (χ4v) is 2.97. The molecule has 0 aliphatic carbocycles. The van der Waals surface area contributed by atoms with Crippen molar-refractivity contribution in [3.8, 4) is 6.07 Å². The van der Waals surface area contributed by atoms with Crippen LogP contribution >= 0.6 is 22.7 Å². The molecule has 2 aromatic rings. The van der Waals surface area contributed by atoms with Crippen LogP contribution in [0.2, 0.25) is 0 Å². The molecule has 0 saturated heterocycles. The van der Waals surface area contributed by atoms with E-state index in [-0.39, 0.29) is 5.78 Å². The maximum Gasteiger partial charge on any atom is 0.206 e. The van der Waals surface area contributed by atoms with Crippen molar-refractivity contribution < 1.29 is 4.79 Å². The van der Waals surface area contributed by atoms with Crippen molar-refractivity contribution in [3.05, 3.63) is 32.7 Å². The zero-order valence-electron chi connectivity index (χ0n) is 9.95. The van der Waals surface area contributed by atoms with Crippen LogP contribution in [-0.2, 0) is 0 Å². The third-order valence-corrected chi connectivity index (χ3v) is 3.97. The van der Waals surface area contributed by atoms with Crippen LogP contribution in [0.1, 0.15) is 46.9 Å². The Morgan fingerprint density at radius 3 is 2.72 bits per heavy atom. The van der Waals surface area contributed by atoms with Gasteiger partial charge in [-0.15, -0.1) is 22.7 Å². The molecular weight excluding hydrogens is 266 g/mol. The molecule has 0 unspecified atom stereocenters. The molecule has 6 heteroatoms. The van der Waals surface area contributed by atoms with E-state index < -0.39 is 5.92 Å². The first kappa shape index (κ1) is 12.9. The number of carbonyl (C=O) groups is 1. The van der Waals surface area contributed by atoms with Crippen molar-refractivity contribution in [2.45, 2.75) is 25.7 Å². The topological polar surface area (TPSA) is 66.6 Å². The van der Waals surface area contributed by atoms with Crippen molar-refractivity contribution in [1.29, 1.82) is 5.26 Å². The fourth-order valence-electron chi connectivity index (χ4n) is 1.41. The maximum absolute atomic E-state index is 12.1. The Balaban J connectivity index is 2.29. The number of thiazole rings is 2. The Labute approximate surface area is 113 Å². The summed E-state index contributed by atoms with van der Waals surface area (Å²) in [5.74, 6) is -0.822. The maximum atomic E-state index is 12.1. The Kier molecular flexibility index (Phi) is 3.84. The summed E-state index contributed by atoms with van der Waals surface area (Å²) in [5, 5.41) is 13.3. The van der Waals surface area contributed by atoms with Crippen LogP contribution < -0.4 is 0 Å². The number of hydrogen-bond donors (Lipinski definition) is 0. The van der Waals surface area contributed by atoms with E-state index in [0.29, 0.717) is 16.6 Å². The zero-order chi connectivity index (χ0) is 13.1. The molecule has 0 N–H and O–H groups in total. The van der Waals surface area contributed by atoms with Gasteiger partial charge in [-0.05, 0) is 5.92 Å². The third-order valence-electron chi connectivity index (χ3n) is 2.45. The first-order valence-corrected chi connectivity index (χ1v) is 7.23. The molecule has 4 nitrogen and oxygen atoms in total. The quantitative estimate of drug-likeness (QED) is 0.805. The summed E-state index contributed by atoms with van der Waals surface area (Å²) < 4.78 is 0. The molecule has 2 rings (SSSR count). The lowest BCUT2D eigenvalue weighted by atomic mass is 10.0. The number of nitriles is 1. The Hall–Kier alpha value is -1.58. The van der Waals surface area contributed by atoms with E-state index >= 15 is 0 Å². The average molecular weight is 277 g/mol. The number of carbonyl (C=O) groups excluding carboxylic acids is 1. The number of ketones is 1. The number of Topliss-reactive ketones (excluding diaryl/α,β-unsaturated/α-hetero) is 1. The molecule has 18 heavy (non-hydrogen) atoms. The first-order valence-electron chi connectivity index (χ1n) is 5.40. The van der Waals surface area contributed by atoms with Crippen LogP contribution in [0, 0.1) is 11.3 Å². The largest absolute Gasteiger partial charge is 0.290 e. The monoisotopic (exact) mass is 277 g/mol. The Morgan fingerprint density at radius 1 is 1.44 bits per heavy atom. The molecule has 0 fully saturated rings. The van der Waals surface area contributed by atoms with E-state index in [0.717, 1.165) is 5.69 Å². The van der Waals surface area contributed by atoms with E-state index in [2.05, 4.69) is 9.97 Å². The van der Waals surface area contributed by atoms with Crippen LogP contribution in [0.4, 0.5) is 0 Å². The second kappa shape index (κ2) is 5.38. The van der Waals surface area contributed by atoms with Gasteiger partial charge in [0.1, 0.15) is 10.7 Å². The van der Waals surface area contributed by atoms with Crippen molar-refractivity contribution >= 4 is 28.5 Å². The Morgan fingerprint density at radius 2 is 2.22 bits per heavy atom. The summed E-state index contributed by atoms with van der Waals surface area (Å²) in [6, 6.07) is 2.02. The van der Waals surface area contributed by atoms with E-state index in [1.165, 1.54) is 22.7 Å². The second-order valence-electron chi connectivity index (χ2n) is 4.07. The lowest BCUT2D eigenvalue weighted by molar-refractivity contribution is 0.0974. The van der Waals surface area contributed by atoms with Gasteiger partial charge >= 0.3 is 0 Å². The number of hydrogen-bond acceptors (Lipinski definition) is 6. The van der Waals surface area contributed by atoms with Crippen LogP contribution in [0.3, 0.4) is 0 Å². The molecule has 1 atom stereocenters. The number of rotatable bonds is 4. The van der Waals surface area contributed by atoms with Gasteiger partial charge in [-0.1, -0.05) is 13.8 Å². The Bertz CT molecular complexity index is 581. The van der Waals surface area contributed by atoms with Crippen molar-refractivity contribution in [1.82, 2.24) is 9.97 Å². The summed E-state index contributed by atoms with van der Waals surface area (Å²) >= 11 is 2.70. The summed E-state index contributed by atoms with van der Waals surface area (Å²) in [5.41, 5.74) is 2.84. The van der Waals surface area contributed by atoms with E-state index in [1.807, 2.05) is 25.3 Å². The van der Waals surface area contributed by atoms with Crippen LogP contribution in [0.5, 0.6) is 0 Å². The van der Waals surface area contributed by atoms with Gasteiger partial charge in [-0.2, -0.15) is 5.26 Å². The number of aromatic nitrogens is 2. The van der Waals surface area contributed by atoms with Crippen LogP contribution in [0.25, 0.3) is 0 Å². The van der Waals surface area contributed by atoms with Gasteiger partial charge in [-0.25, -0.2) is 9.97 Å². The van der Waals surface area contributed by atoms with Gasteiger partial charge in [0.25, 0.3) is 0 Å². The minimum absolute atomic E-state index is 0.275. The fraction of sp³-hybridized carbons (Fsp3) is 0.333. The lowest BCUT2D eigenvalue weighted by Crippen LogP contribution is -2.11. The second-order valence-corrected chi connectivity index (χ2v) is 5.67. The normalized spacial score (nSPS) is 12.3. The standard InChI is InChI=1S/C12H11N3OS2/c1-7(2)9-5-18-12(15-9)8(3-13)11(16)10-4-17-6-14-10/h4-8H,1-2H3/t8-/m1/s1. The SMILES string of the molecule is CC(C)c1csc([C@H](C#N)C(=O)c2cscn2)n1. The summed E-state index contributed by atoms with van der Waals surface area (Å²) in [6.45, 7) is 4.06. The highest BCUT2D eigenvalue weighted by molar-refractivity contribution is 7.10. The lowest BCUT2D eigenvalue weighted by Gasteiger charge is -2.02.